The van der Waals surface area contributed by atoms with Crippen molar-refractivity contribution in [2.75, 3.05) is 26.4 Å². The smallest absolute Gasteiger partial charge is 0.303 e. The van der Waals surface area contributed by atoms with Gasteiger partial charge >= 0.3 is 65.7 Å². The summed E-state index contributed by atoms with van der Waals surface area (Å²) in [5.74, 6) is -10.2. The van der Waals surface area contributed by atoms with E-state index >= 15 is 0 Å². The van der Waals surface area contributed by atoms with Crippen LogP contribution in [0.5, 0.6) is 0 Å². The van der Waals surface area contributed by atoms with Crippen LogP contribution < -0.4 is 0 Å². The van der Waals surface area contributed by atoms with E-state index in [2.05, 4.69) is 0 Å². The Balaban J connectivity index is 1.55. The number of carbonyl (C=O) groups excluding carboxylic acids is 11. The van der Waals surface area contributed by atoms with Gasteiger partial charge in [0.25, 0.3) is 0 Å². The van der Waals surface area contributed by atoms with E-state index in [1.807, 2.05) is 0 Å². The maximum Gasteiger partial charge on any atom is 0.303 e. The number of rotatable bonds is 21. The summed E-state index contributed by atoms with van der Waals surface area (Å²) in [5.41, 5.74) is -0.987. The molecule has 0 unspecified atom stereocenters. The highest BCUT2D eigenvalue weighted by Crippen LogP contribution is 2.39. The molecule has 0 spiro atoms. The average molecular weight is 1160 g/mol. The van der Waals surface area contributed by atoms with Crippen molar-refractivity contribution in [1.29, 1.82) is 0 Å². The summed E-state index contributed by atoms with van der Waals surface area (Å²) in [6, 6.07) is 8.83. The lowest BCUT2D eigenvalue weighted by Gasteiger charge is -2.49. The SMILES string of the molecule is CC(=O)OC[C@H]1O[C@@H](O[C@@H]2CO[C@@H](O[C@H]3[C@H](OC(C)=O)[C@@H](OC(C)=O)[C@H](O[C@@H]4CO[C@@H](Sc5ccccc5)[C@H](OC(C)=O)[C@H]4OC(C)=O)O[C@@H]3COC(C)=O)[C@H](OC(C)=O)[C@H]2OC(C)=O)[C@H](OC(C)=O)[C@@H](OC(C)=O)[C@@H]1OC(C)=O. The van der Waals surface area contributed by atoms with E-state index < -0.39 is 202 Å². The summed E-state index contributed by atoms with van der Waals surface area (Å²) in [6.07, 6.45) is -29.0. The predicted molar refractivity (Wildman–Crippen MR) is 257 cm³/mol. The molecule has 0 radical (unpaired) electrons. The normalized spacial score (nSPS) is 32.0. The Kier molecular flexibility index (Phi) is 23.9. The van der Waals surface area contributed by atoms with E-state index in [1.165, 1.54) is 0 Å². The molecule has 0 bridgehead atoms. The highest BCUT2D eigenvalue weighted by Gasteiger charge is 2.59. The number of hydrogen-bond acceptors (Lipinski definition) is 30. The van der Waals surface area contributed by atoms with E-state index in [9.17, 15) is 52.7 Å². The zero-order valence-corrected chi connectivity index (χ0v) is 46.2. The van der Waals surface area contributed by atoms with Gasteiger partial charge in [-0.3, -0.25) is 52.7 Å². The molecule has 4 heterocycles. The third kappa shape index (κ3) is 18.8. The first-order chi connectivity index (χ1) is 37.7. The zero-order valence-electron chi connectivity index (χ0n) is 45.4. The molecule has 4 fully saturated rings. The average Bonchev–Trinajstić information content (AvgIpc) is 3.37. The third-order valence-electron chi connectivity index (χ3n) is 11.5. The molecule has 4 saturated heterocycles. The molecule has 0 amide bonds. The van der Waals surface area contributed by atoms with Gasteiger partial charge in [0, 0.05) is 81.1 Å². The molecule has 1 aromatic rings. The second kappa shape index (κ2) is 29.8. The van der Waals surface area contributed by atoms with Gasteiger partial charge in [0.05, 0.1) is 13.2 Å². The first-order valence-corrected chi connectivity index (χ1v) is 25.6. The Morgan fingerprint density at radius 3 is 1.14 bits per heavy atom. The van der Waals surface area contributed by atoms with Crippen molar-refractivity contribution >= 4 is 77.4 Å². The minimum absolute atomic E-state index is 0.391. The summed E-state index contributed by atoms with van der Waals surface area (Å²) in [5, 5.41) is 0. The molecule has 0 N–H and O–H groups in total. The van der Waals surface area contributed by atoms with Crippen molar-refractivity contribution in [2.45, 2.75) is 191 Å². The summed E-state index contributed by atoms with van der Waals surface area (Å²) >= 11 is 1.14. The molecular formula is C50H64O29S. The zero-order chi connectivity index (χ0) is 59.1. The lowest BCUT2D eigenvalue weighted by atomic mass is 9.96. The van der Waals surface area contributed by atoms with Gasteiger partial charge in [-0.25, -0.2) is 0 Å². The molecule has 80 heavy (non-hydrogen) atoms. The van der Waals surface area contributed by atoms with Crippen LogP contribution in [0.15, 0.2) is 35.2 Å². The molecule has 444 valence electrons. The lowest BCUT2D eigenvalue weighted by molar-refractivity contribution is -0.372. The molecule has 30 heteroatoms. The highest BCUT2D eigenvalue weighted by molar-refractivity contribution is 7.99. The number of ether oxygens (including phenoxy) is 18. The van der Waals surface area contributed by atoms with Crippen molar-refractivity contribution in [3.8, 4) is 0 Å². The number of hydrogen-bond donors (Lipinski definition) is 0. The summed E-state index contributed by atoms with van der Waals surface area (Å²) in [7, 11) is 0. The first kappa shape index (κ1) is 64.3. The van der Waals surface area contributed by atoms with Gasteiger partial charge < -0.3 is 85.3 Å². The molecule has 0 aliphatic carbocycles. The van der Waals surface area contributed by atoms with Crippen LogP contribution in [0.25, 0.3) is 0 Å². The number of benzene rings is 1. The van der Waals surface area contributed by atoms with Crippen molar-refractivity contribution in [3.05, 3.63) is 30.3 Å². The van der Waals surface area contributed by atoms with Gasteiger partial charge in [-0.2, -0.15) is 0 Å². The Bertz CT molecular complexity index is 2380. The van der Waals surface area contributed by atoms with Crippen LogP contribution in [-0.2, 0) is 138 Å². The third-order valence-corrected chi connectivity index (χ3v) is 12.7. The molecular weight excluding hydrogens is 1100 g/mol. The second-order valence-corrected chi connectivity index (χ2v) is 19.3. The summed E-state index contributed by atoms with van der Waals surface area (Å²) in [4.78, 5) is 140. The Morgan fingerprint density at radius 2 is 0.713 bits per heavy atom. The quantitative estimate of drug-likeness (QED) is 0.120. The fraction of sp³-hybridized carbons (Fsp3) is 0.660. The summed E-state index contributed by atoms with van der Waals surface area (Å²) < 4.78 is 105. The van der Waals surface area contributed by atoms with Crippen LogP contribution >= 0.6 is 11.8 Å². The number of thioether (sulfide) groups is 1. The van der Waals surface area contributed by atoms with Gasteiger partial charge in [-0.1, -0.05) is 30.0 Å². The minimum atomic E-state index is -1.93. The van der Waals surface area contributed by atoms with E-state index in [0.29, 0.717) is 4.90 Å². The molecule has 1 aromatic carbocycles. The molecule has 18 atom stereocenters. The molecule has 5 rings (SSSR count). The Labute approximate surface area is 461 Å². The van der Waals surface area contributed by atoms with E-state index in [1.54, 1.807) is 30.3 Å². The monoisotopic (exact) mass is 1160 g/mol. The minimum Gasteiger partial charge on any atom is -0.463 e. The van der Waals surface area contributed by atoms with Gasteiger partial charge in [0.15, 0.2) is 73.8 Å². The number of esters is 11. The van der Waals surface area contributed by atoms with Gasteiger partial charge in [0.2, 0.25) is 0 Å². The van der Waals surface area contributed by atoms with Crippen molar-refractivity contribution < 1.29 is 138 Å². The second-order valence-electron chi connectivity index (χ2n) is 18.1. The molecule has 0 saturated carbocycles. The van der Waals surface area contributed by atoms with Gasteiger partial charge in [-0.05, 0) is 12.1 Å². The van der Waals surface area contributed by atoms with Gasteiger partial charge in [-0.15, -0.1) is 0 Å². The number of carbonyl (C=O) groups is 11. The molecule has 0 aromatic heterocycles. The molecule has 29 nitrogen and oxygen atoms in total. The fourth-order valence-corrected chi connectivity index (χ4v) is 9.87. The summed E-state index contributed by atoms with van der Waals surface area (Å²) in [6.45, 7) is 8.75. The molecule has 4 aliphatic heterocycles. The standard InChI is InChI=1S/C50H64O29S/c1-21(51)62-17-33-37(66-23(3)53)41(69-26(6)56)44(72-29(9)59)48(75-33)77-35-19-64-47(43(71-28(8)58)39(35)67-24(4)54)79-38-34(18-63-22(2)52)76-49(45(73-30(10)60)42(38)70-27(7)57)78-36-20-65-50(80-32-15-13-12-14-16-32)46(74-31(11)61)40(36)68-25(5)55/h12-16,33-50H,17-20H2,1-11H3/t33-,34-,35-,36-,37-,38-,39+,40+,41+,42+,43-,44-,45-,46-,47+,48+,49+,50+/m1/s1. The van der Waals surface area contributed by atoms with Crippen LogP contribution in [0.1, 0.15) is 76.2 Å². The van der Waals surface area contributed by atoms with Crippen molar-refractivity contribution in [1.82, 2.24) is 0 Å². The van der Waals surface area contributed by atoms with Crippen molar-refractivity contribution in [2.24, 2.45) is 0 Å². The van der Waals surface area contributed by atoms with Crippen LogP contribution in [-0.4, -0.2) is 202 Å². The van der Waals surface area contributed by atoms with Crippen LogP contribution in [0.3, 0.4) is 0 Å². The van der Waals surface area contributed by atoms with Crippen LogP contribution in [0.4, 0.5) is 0 Å². The van der Waals surface area contributed by atoms with Crippen LogP contribution in [0, 0.1) is 0 Å². The Hall–Kier alpha value is -6.54. The fourth-order valence-electron chi connectivity index (χ4n) is 8.80. The maximum atomic E-state index is 13.1. The lowest BCUT2D eigenvalue weighted by Crippen LogP contribution is -2.67. The van der Waals surface area contributed by atoms with E-state index in [4.69, 9.17) is 85.3 Å². The van der Waals surface area contributed by atoms with Gasteiger partial charge in [0.1, 0.15) is 49.2 Å². The topological polar surface area (TPSA) is 354 Å². The Morgan fingerprint density at radius 1 is 0.375 bits per heavy atom. The van der Waals surface area contributed by atoms with Crippen molar-refractivity contribution in [3.63, 3.8) is 0 Å². The molecule has 4 aliphatic rings. The van der Waals surface area contributed by atoms with E-state index in [-0.39, 0.29) is 0 Å². The largest absolute Gasteiger partial charge is 0.463 e. The maximum absolute atomic E-state index is 13.1. The van der Waals surface area contributed by atoms with Crippen LogP contribution in [0.2, 0.25) is 0 Å². The predicted octanol–water partition coefficient (Wildman–Crippen LogP) is 0.608. The first-order valence-electron chi connectivity index (χ1n) is 24.7. The highest BCUT2D eigenvalue weighted by atomic mass is 32.2. The van der Waals surface area contributed by atoms with E-state index in [0.717, 1.165) is 87.9 Å².